The van der Waals surface area contributed by atoms with Gasteiger partial charge in [-0.15, -0.1) is 0 Å². The Labute approximate surface area is 216 Å². The second-order valence-corrected chi connectivity index (χ2v) is 12.4. The summed E-state index contributed by atoms with van der Waals surface area (Å²) in [5, 5.41) is 16.8. The number of fused-ring (bicyclic) bond motifs is 4. The molecule has 5 rings (SSSR count). The zero-order valence-electron chi connectivity index (χ0n) is 22.5. The fourth-order valence-electron chi connectivity index (χ4n) is 8.61. The van der Waals surface area contributed by atoms with Gasteiger partial charge in [-0.2, -0.15) is 5.10 Å². The Kier molecular flexibility index (Phi) is 7.56. The van der Waals surface area contributed by atoms with Gasteiger partial charge in [0, 0.05) is 24.1 Å². The Morgan fingerprint density at radius 2 is 2.08 bits per heavy atom. The summed E-state index contributed by atoms with van der Waals surface area (Å²) in [6, 6.07) is 1.95. The molecule has 6 nitrogen and oxygen atoms in total. The predicted molar refractivity (Wildman–Crippen MR) is 141 cm³/mol. The highest BCUT2D eigenvalue weighted by Crippen LogP contribution is 2.62. The number of ketones is 1. The molecule has 0 amide bonds. The van der Waals surface area contributed by atoms with Gasteiger partial charge in [-0.25, -0.2) is 0 Å². The van der Waals surface area contributed by atoms with Crippen LogP contribution in [0.2, 0.25) is 0 Å². The summed E-state index contributed by atoms with van der Waals surface area (Å²) in [5.41, 5.74) is 0.382. The van der Waals surface area contributed by atoms with Crippen molar-refractivity contribution in [3.8, 4) is 0 Å². The highest BCUT2D eigenvalue weighted by atomic mass is 16.5. The third-order valence-corrected chi connectivity index (χ3v) is 10.2. The molecule has 2 aromatic rings. The highest BCUT2D eigenvalue weighted by molar-refractivity contribution is 5.84. The van der Waals surface area contributed by atoms with Gasteiger partial charge in [0.1, 0.15) is 6.54 Å². The van der Waals surface area contributed by atoms with Crippen LogP contribution in [0.15, 0.2) is 24.7 Å². The van der Waals surface area contributed by atoms with Crippen molar-refractivity contribution in [2.24, 2.45) is 35.0 Å². The second kappa shape index (κ2) is 10.5. The number of aromatic nitrogens is 3. The van der Waals surface area contributed by atoms with E-state index in [1.165, 1.54) is 32.1 Å². The Hall–Kier alpha value is -1.79. The number of Topliss-reactive ketones (excluding diaryl/α,β-unsaturated/α-hetero) is 1. The second-order valence-electron chi connectivity index (χ2n) is 12.4. The summed E-state index contributed by atoms with van der Waals surface area (Å²) in [6.07, 6.45) is 16.4. The fraction of sp³-hybridized carbons (Fsp3) is 0.767. The topological polar surface area (TPSA) is 77.2 Å². The molecule has 0 spiro atoms. The number of hydrogen-bond acceptors (Lipinski definition) is 5. The van der Waals surface area contributed by atoms with Gasteiger partial charge in [0.15, 0.2) is 5.78 Å². The average molecular weight is 496 g/mol. The lowest BCUT2D eigenvalue weighted by atomic mass is 9.53. The zero-order chi connectivity index (χ0) is 25.3. The van der Waals surface area contributed by atoms with Crippen LogP contribution in [0.1, 0.15) is 85.0 Å². The van der Waals surface area contributed by atoms with Gasteiger partial charge in [-0.3, -0.25) is 14.5 Å². The third-order valence-electron chi connectivity index (χ3n) is 10.2. The van der Waals surface area contributed by atoms with Crippen molar-refractivity contribution in [2.75, 3.05) is 13.2 Å². The summed E-state index contributed by atoms with van der Waals surface area (Å²) < 4.78 is 7.52. The van der Waals surface area contributed by atoms with Crippen molar-refractivity contribution in [3.05, 3.63) is 24.7 Å². The first-order chi connectivity index (χ1) is 17.4. The van der Waals surface area contributed by atoms with E-state index in [4.69, 9.17) is 4.74 Å². The number of aliphatic hydroxyl groups is 1. The zero-order valence-corrected chi connectivity index (χ0v) is 22.5. The van der Waals surface area contributed by atoms with Crippen LogP contribution in [0, 0.1) is 35.0 Å². The van der Waals surface area contributed by atoms with Gasteiger partial charge in [0.25, 0.3) is 0 Å². The number of pyridine rings is 1. The standard InChI is InChI=1S/C30H45N3O3/c1-4-12-30(35,20-36-5-2)16-21-6-7-24-22(15-21)10-13-29(3)25(24)8-9-26(29)28(34)19-33-27-18-31-14-11-23(27)17-32-33/h11,14,17-18,21-22,24-26,35H,4-10,12-13,15-16,19-20H2,1-3H3/t21-,22-,24-,25+,26-,29+,30-/m1/s1. The maximum atomic E-state index is 13.6. The number of hydrogen-bond donors (Lipinski definition) is 1. The Bertz CT molecular complexity index is 1050. The van der Waals surface area contributed by atoms with E-state index >= 15 is 0 Å². The fourth-order valence-corrected chi connectivity index (χ4v) is 8.61. The molecule has 198 valence electrons. The van der Waals surface area contributed by atoms with Gasteiger partial charge in [0.2, 0.25) is 0 Å². The van der Waals surface area contributed by atoms with Crippen LogP contribution in [0.3, 0.4) is 0 Å². The molecule has 0 unspecified atom stereocenters. The van der Waals surface area contributed by atoms with E-state index in [-0.39, 0.29) is 11.3 Å². The minimum atomic E-state index is -0.678. The maximum Gasteiger partial charge on any atom is 0.157 e. The molecule has 3 aliphatic rings. The number of carbonyl (C=O) groups is 1. The number of rotatable bonds is 10. The van der Waals surface area contributed by atoms with E-state index in [9.17, 15) is 9.90 Å². The van der Waals surface area contributed by atoms with Gasteiger partial charge in [-0.05, 0) is 93.4 Å². The van der Waals surface area contributed by atoms with Crippen LogP contribution < -0.4 is 0 Å². The first-order valence-corrected chi connectivity index (χ1v) is 14.4. The largest absolute Gasteiger partial charge is 0.387 e. The number of nitrogens with zero attached hydrogens (tertiary/aromatic N) is 3. The minimum Gasteiger partial charge on any atom is -0.387 e. The first kappa shape index (κ1) is 25.8. The minimum absolute atomic E-state index is 0.115. The number of carbonyl (C=O) groups excluding carboxylic acids is 1. The lowest BCUT2D eigenvalue weighted by Crippen LogP contribution is -2.46. The molecule has 0 aliphatic heterocycles. The van der Waals surface area contributed by atoms with E-state index in [1.54, 1.807) is 6.20 Å². The van der Waals surface area contributed by atoms with Gasteiger partial charge in [-0.1, -0.05) is 26.7 Å². The van der Waals surface area contributed by atoms with Crippen molar-refractivity contribution in [2.45, 2.75) is 97.1 Å². The van der Waals surface area contributed by atoms with E-state index < -0.39 is 5.60 Å². The summed E-state index contributed by atoms with van der Waals surface area (Å²) in [6.45, 7) is 8.06. The quantitative estimate of drug-likeness (QED) is 0.450. The summed E-state index contributed by atoms with van der Waals surface area (Å²) in [7, 11) is 0. The predicted octanol–water partition coefficient (Wildman–Crippen LogP) is 5.82. The molecule has 3 saturated carbocycles. The molecule has 2 heterocycles. The van der Waals surface area contributed by atoms with Crippen LogP contribution >= 0.6 is 0 Å². The van der Waals surface area contributed by atoms with Crippen LogP contribution in [0.4, 0.5) is 0 Å². The van der Waals surface area contributed by atoms with Gasteiger partial charge >= 0.3 is 0 Å². The average Bonchev–Trinajstić information content (AvgIpc) is 3.44. The normalized spacial score (nSPS) is 33.7. The molecular formula is C30H45N3O3. The van der Waals surface area contributed by atoms with E-state index in [0.717, 1.165) is 54.8 Å². The molecule has 3 aliphatic carbocycles. The molecule has 36 heavy (non-hydrogen) atoms. The molecule has 0 radical (unpaired) electrons. The van der Waals surface area contributed by atoms with Crippen LogP contribution in [0.5, 0.6) is 0 Å². The summed E-state index contributed by atoms with van der Waals surface area (Å²) >= 11 is 0. The molecule has 1 N–H and O–H groups in total. The first-order valence-electron chi connectivity index (χ1n) is 14.4. The monoisotopic (exact) mass is 495 g/mol. The SMILES string of the molecule is CCC[C@](O)(COCC)C[C@@H]1CC[C@@H]2[C@H](CC[C@]3(C)[C@@H](C(=O)Cn4ncc5ccncc54)CC[C@@H]23)C1. The van der Waals surface area contributed by atoms with Crippen molar-refractivity contribution in [1.82, 2.24) is 14.8 Å². The smallest absolute Gasteiger partial charge is 0.157 e. The lowest BCUT2D eigenvalue weighted by Gasteiger charge is -2.52. The third kappa shape index (κ3) is 4.88. The molecule has 0 bridgehead atoms. The van der Waals surface area contributed by atoms with Crippen molar-refractivity contribution in [3.63, 3.8) is 0 Å². The van der Waals surface area contributed by atoms with Gasteiger partial charge < -0.3 is 9.84 Å². The Morgan fingerprint density at radius 3 is 2.89 bits per heavy atom. The van der Waals surface area contributed by atoms with Crippen molar-refractivity contribution in [1.29, 1.82) is 0 Å². The lowest BCUT2D eigenvalue weighted by molar-refractivity contribution is -0.130. The number of ether oxygens (including phenoxy) is 1. The van der Waals surface area contributed by atoms with Gasteiger partial charge in [0.05, 0.1) is 30.1 Å². The molecule has 6 heteroatoms. The van der Waals surface area contributed by atoms with E-state index in [2.05, 4.69) is 23.9 Å². The summed E-state index contributed by atoms with van der Waals surface area (Å²) in [4.78, 5) is 17.8. The molecule has 7 atom stereocenters. The molecule has 0 aromatic carbocycles. The van der Waals surface area contributed by atoms with Crippen LogP contribution in [0.25, 0.3) is 10.9 Å². The Morgan fingerprint density at radius 1 is 1.22 bits per heavy atom. The van der Waals surface area contributed by atoms with E-state index in [0.29, 0.717) is 37.4 Å². The highest BCUT2D eigenvalue weighted by Gasteiger charge is 2.56. The molecular weight excluding hydrogens is 450 g/mol. The van der Waals surface area contributed by atoms with Crippen LogP contribution in [-0.4, -0.2) is 44.5 Å². The molecule has 0 saturated heterocycles. The molecule has 2 aromatic heterocycles. The van der Waals surface area contributed by atoms with Crippen molar-refractivity contribution >= 4 is 16.7 Å². The Balaban J connectivity index is 1.23. The molecule has 3 fully saturated rings. The van der Waals surface area contributed by atoms with E-state index in [1.807, 2.05) is 30.1 Å². The van der Waals surface area contributed by atoms with Crippen molar-refractivity contribution < 1.29 is 14.6 Å². The van der Waals surface area contributed by atoms with Crippen LogP contribution in [-0.2, 0) is 16.1 Å². The summed E-state index contributed by atoms with van der Waals surface area (Å²) in [5.74, 6) is 3.21. The maximum absolute atomic E-state index is 13.6.